The van der Waals surface area contributed by atoms with Crippen LogP contribution in [0.5, 0.6) is 0 Å². The zero-order valence-corrected chi connectivity index (χ0v) is 15.8. The molecule has 2 heterocycles. The number of nitrogens with zero attached hydrogens (tertiary/aromatic N) is 1. The van der Waals surface area contributed by atoms with Crippen LogP contribution in [-0.2, 0) is 17.6 Å². The normalized spacial score (nSPS) is 12.8. The number of thiophene rings is 1. The monoisotopic (exact) mass is 382 g/mol. The van der Waals surface area contributed by atoms with Crippen LogP contribution in [0, 0.1) is 0 Å². The lowest BCUT2D eigenvalue weighted by Crippen LogP contribution is -2.13. The molecule has 2 aromatic heterocycles. The van der Waals surface area contributed by atoms with Crippen LogP contribution in [0.25, 0.3) is 11.3 Å². The van der Waals surface area contributed by atoms with Crippen molar-refractivity contribution in [2.45, 2.75) is 32.1 Å². The second-order valence-corrected chi connectivity index (χ2v) is 8.13. The van der Waals surface area contributed by atoms with Gasteiger partial charge < -0.3 is 5.32 Å². The number of benzene rings is 1. The minimum atomic E-state index is -0.176. The fourth-order valence-corrected chi connectivity index (χ4v) is 4.59. The standard InChI is InChI=1S/C20H18N2O2S2/c23-17(18-5-2-10-25-18)8-9-19(24)22-20-21-16(12-26-20)15-7-6-13-3-1-4-14(13)11-15/h2,5-7,10-12H,1,3-4,8-9H2,(H,21,22,24). The van der Waals surface area contributed by atoms with Gasteiger partial charge in [0, 0.05) is 23.8 Å². The molecule has 26 heavy (non-hydrogen) atoms. The number of carbonyl (C=O) groups is 2. The Bertz CT molecular complexity index is 945. The van der Waals surface area contributed by atoms with Gasteiger partial charge >= 0.3 is 0 Å². The van der Waals surface area contributed by atoms with Gasteiger partial charge in [-0.25, -0.2) is 4.98 Å². The van der Waals surface area contributed by atoms with E-state index in [0.717, 1.165) is 24.1 Å². The fraction of sp³-hybridized carbons (Fsp3) is 0.250. The van der Waals surface area contributed by atoms with Crippen molar-refractivity contribution in [3.05, 3.63) is 57.1 Å². The van der Waals surface area contributed by atoms with Gasteiger partial charge in [-0.2, -0.15) is 0 Å². The number of anilines is 1. The molecule has 1 aliphatic carbocycles. The maximum Gasteiger partial charge on any atom is 0.226 e. The Hall–Kier alpha value is -2.31. The number of amides is 1. The Morgan fingerprint density at radius 1 is 1.08 bits per heavy atom. The van der Waals surface area contributed by atoms with E-state index in [1.165, 1.54) is 40.2 Å². The molecule has 4 rings (SSSR count). The number of aryl methyl sites for hydroxylation is 2. The molecule has 6 heteroatoms. The summed E-state index contributed by atoms with van der Waals surface area (Å²) >= 11 is 2.82. The molecule has 4 nitrogen and oxygen atoms in total. The third kappa shape index (κ3) is 3.76. The van der Waals surface area contributed by atoms with E-state index in [0.29, 0.717) is 10.0 Å². The van der Waals surface area contributed by atoms with Crippen molar-refractivity contribution in [2.75, 3.05) is 5.32 Å². The Morgan fingerprint density at radius 3 is 2.81 bits per heavy atom. The molecule has 0 radical (unpaired) electrons. The van der Waals surface area contributed by atoms with Gasteiger partial charge in [0.1, 0.15) is 0 Å². The number of Topliss-reactive ketones (excluding diaryl/α,β-unsaturated/α-hetero) is 1. The number of aromatic nitrogens is 1. The molecular formula is C20H18N2O2S2. The van der Waals surface area contributed by atoms with Crippen molar-refractivity contribution in [3.63, 3.8) is 0 Å². The molecule has 3 aromatic rings. The summed E-state index contributed by atoms with van der Waals surface area (Å²) in [5, 5.41) is 7.21. The summed E-state index contributed by atoms with van der Waals surface area (Å²) < 4.78 is 0. The summed E-state index contributed by atoms with van der Waals surface area (Å²) in [5.74, 6) is -0.169. The average molecular weight is 383 g/mol. The third-order valence-electron chi connectivity index (χ3n) is 4.52. The Kier molecular flexibility index (Phi) is 4.95. The Morgan fingerprint density at radius 2 is 1.96 bits per heavy atom. The highest BCUT2D eigenvalue weighted by Crippen LogP contribution is 2.30. The van der Waals surface area contributed by atoms with Gasteiger partial charge in [0.2, 0.25) is 5.91 Å². The molecule has 0 saturated carbocycles. The van der Waals surface area contributed by atoms with Crippen molar-refractivity contribution in [2.24, 2.45) is 0 Å². The van der Waals surface area contributed by atoms with Crippen molar-refractivity contribution in [3.8, 4) is 11.3 Å². The van der Waals surface area contributed by atoms with Crippen molar-refractivity contribution in [1.29, 1.82) is 0 Å². The van der Waals surface area contributed by atoms with Crippen LogP contribution < -0.4 is 5.32 Å². The molecule has 0 unspecified atom stereocenters. The van der Waals surface area contributed by atoms with Gasteiger partial charge in [-0.1, -0.05) is 18.2 Å². The van der Waals surface area contributed by atoms with E-state index >= 15 is 0 Å². The number of carbonyl (C=O) groups excluding carboxylic acids is 2. The van der Waals surface area contributed by atoms with Crippen LogP contribution in [-0.4, -0.2) is 16.7 Å². The van der Waals surface area contributed by atoms with Crippen LogP contribution in [0.2, 0.25) is 0 Å². The molecule has 1 N–H and O–H groups in total. The van der Waals surface area contributed by atoms with E-state index < -0.39 is 0 Å². The first-order valence-corrected chi connectivity index (χ1v) is 10.4. The third-order valence-corrected chi connectivity index (χ3v) is 6.19. The number of hydrogen-bond donors (Lipinski definition) is 1. The highest BCUT2D eigenvalue weighted by Gasteiger charge is 2.14. The molecular weight excluding hydrogens is 364 g/mol. The molecule has 0 saturated heterocycles. The quantitative estimate of drug-likeness (QED) is 0.613. The van der Waals surface area contributed by atoms with Crippen LogP contribution in [0.15, 0.2) is 41.1 Å². The van der Waals surface area contributed by atoms with Gasteiger partial charge in [-0.3, -0.25) is 9.59 Å². The molecule has 0 aliphatic heterocycles. The number of hydrogen-bond acceptors (Lipinski definition) is 5. The van der Waals surface area contributed by atoms with Gasteiger partial charge in [0.15, 0.2) is 10.9 Å². The number of thiazole rings is 1. The second kappa shape index (κ2) is 7.51. The van der Waals surface area contributed by atoms with E-state index in [-0.39, 0.29) is 24.5 Å². The van der Waals surface area contributed by atoms with E-state index in [1.54, 1.807) is 6.07 Å². The maximum absolute atomic E-state index is 12.1. The smallest absolute Gasteiger partial charge is 0.226 e. The Balaban J connectivity index is 1.36. The molecule has 132 valence electrons. The topological polar surface area (TPSA) is 59.1 Å². The van der Waals surface area contributed by atoms with Gasteiger partial charge in [-0.15, -0.1) is 22.7 Å². The molecule has 0 fully saturated rings. The minimum absolute atomic E-state index is 0.00752. The predicted molar refractivity (Wildman–Crippen MR) is 106 cm³/mol. The fourth-order valence-electron chi connectivity index (χ4n) is 3.16. The molecule has 0 bridgehead atoms. The van der Waals surface area contributed by atoms with Crippen LogP contribution in [0.3, 0.4) is 0 Å². The Labute approximate surface area is 159 Å². The lowest BCUT2D eigenvalue weighted by molar-refractivity contribution is -0.116. The summed E-state index contributed by atoms with van der Waals surface area (Å²) in [6.07, 6.45) is 3.91. The summed E-state index contributed by atoms with van der Waals surface area (Å²) in [6.45, 7) is 0. The summed E-state index contributed by atoms with van der Waals surface area (Å²) in [7, 11) is 0. The SMILES string of the molecule is O=C(CCC(=O)c1cccs1)Nc1nc(-c2ccc3c(c2)CCC3)cs1. The highest BCUT2D eigenvalue weighted by molar-refractivity contribution is 7.14. The number of fused-ring (bicyclic) bond motifs is 1. The maximum atomic E-state index is 12.1. The minimum Gasteiger partial charge on any atom is -0.302 e. The first-order valence-electron chi connectivity index (χ1n) is 8.63. The lowest BCUT2D eigenvalue weighted by atomic mass is 10.1. The number of ketones is 1. The number of rotatable bonds is 6. The zero-order chi connectivity index (χ0) is 17.9. The highest BCUT2D eigenvalue weighted by atomic mass is 32.1. The molecule has 1 aliphatic rings. The van der Waals surface area contributed by atoms with Crippen LogP contribution in [0.4, 0.5) is 5.13 Å². The van der Waals surface area contributed by atoms with Crippen molar-refractivity contribution < 1.29 is 9.59 Å². The van der Waals surface area contributed by atoms with E-state index in [2.05, 4.69) is 28.5 Å². The second-order valence-electron chi connectivity index (χ2n) is 6.32. The predicted octanol–water partition coefficient (Wildman–Crippen LogP) is 4.96. The largest absolute Gasteiger partial charge is 0.302 e. The van der Waals surface area contributed by atoms with E-state index in [9.17, 15) is 9.59 Å². The van der Waals surface area contributed by atoms with Crippen LogP contribution >= 0.6 is 22.7 Å². The summed E-state index contributed by atoms with van der Waals surface area (Å²) in [6, 6.07) is 10.1. The summed E-state index contributed by atoms with van der Waals surface area (Å²) in [5.41, 5.74) is 4.83. The molecule has 0 spiro atoms. The zero-order valence-electron chi connectivity index (χ0n) is 14.2. The van der Waals surface area contributed by atoms with Crippen molar-refractivity contribution >= 4 is 39.5 Å². The first-order chi connectivity index (χ1) is 12.7. The molecule has 1 aromatic carbocycles. The van der Waals surface area contributed by atoms with Gasteiger partial charge in [0.05, 0.1) is 10.6 Å². The van der Waals surface area contributed by atoms with Crippen molar-refractivity contribution in [1.82, 2.24) is 4.98 Å². The van der Waals surface area contributed by atoms with Crippen LogP contribution in [0.1, 0.15) is 40.1 Å². The number of nitrogens with one attached hydrogen (secondary N) is 1. The first kappa shape index (κ1) is 17.1. The summed E-state index contributed by atoms with van der Waals surface area (Å²) in [4.78, 5) is 29.3. The van der Waals surface area contributed by atoms with E-state index in [1.807, 2.05) is 16.8 Å². The average Bonchev–Trinajstić information content (AvgIpc) is 3.39. The van der Waals surface area contributed by atoms with Gasteiger partial charge in [0.25, 0.3) is 0 Å². The molecule has 1 amide bonds. The molecule has 0 atom stereocenters. The lowest BCUT2D eigenvalue weighted by Gasteiger charge is -2.03. The van der Waals surface area contributed by atoms with Gasteiger partial charge in [-0.05, 0) is 47.9 Å². The van der Waals surface area contributed by atoms with E-state index in [4.69, 9.17) is 0 Å².